The summed E-state index contributed by atoms with van der Waals surface area (Å²) in [6, 6.07) is 14.5. The number of aliphatic hydroxyl groups excluding tert-OH is 1. The van der Waals surface area contributed by atoms with E-state index in [2.05, 4.69) is 17.6 Å². The highest BCUT2D eigenvalue weighted by atomic mass is 16.6. The van der Waals surface area contributed by atoms with Crippen LogP contribution in [0.3, 0.4) is 0 Å². The van der Waals surface area contributed by atoms with Crippen LogP contribution in [0.15, 0.2) is 60.7 Å². The zero-order valence-corrected chi connectivity index (χ0v) is 27.8. The van der Waals surface area contributed by atoms with E-state index in [-0.39, 0.29) is 13.0 Å². The Hall–Kier alpha value is -3.92. The molecule has 0 heterocycles. The first-order valence-electron chi connectivity index (χ1n) is 15.7. The summed E-state index contributed by atoms with van der Waals surface area (Å²) in [5, 5.41) is 15.5. The second-order valence-electron chi connectivity index (χ2n) is 13.1. The fourth-order valence-electron chi connectivity index (χ4n) is 4.69. The lowest BCUT2D eigenvalue weighted by Crippen LogP contribution is -2.56. The minimum atomic E-state index is -1.36. The van der Waals surface area contributed by atoms with Gasteiger partial charge in [-0.15, -0.1) is 0 Å². The van der Waals surface area contributed by atoms with Gasteiger partial charge in [0, 0.05) is 13.0 Å². The Labute approximate surface area is 267 Å². The molecule has 0 aliphatic carbocycles. The van der Waals surface area contributed by atoms with E-state index in [1.807, 2.05) is 30.3 Å². The Bertz CT molecular complexity index is 1220. The molecule has 45 heavy (non-hydrogen) atoms. The van der Waals surface area contributed by atoms with Gasteiger partial charge in [0.1, 0.15) is 29.3 Å². The van der Waals surface area contributed by atoms with Gasteiger partial charge in [-0.25, -0.2) is 9.59 Å². The number of nitrogens with zero attached hydrogens (tertiary/aromatic N) is 1. The maximum absolute atomic E-state index is 14.3. The molecule has 0 aliphatic heterocycles. The maximum Gasteiger partial charge on any atom is 0.408 e. The van der Waals surface area contributed by atoms with Crippen LogP contribution in [-0.2, 0) is 30.3 Å². The van der Waals surface area contributed by atoms with Gasteiger partial charge in [0.2, 0.25) is 11.8 Å². The molecule has 0 saturated carbocycles. The molecule has 10 heteroatoms. The third-order valence-electron chi connectivity index (χ3n) is 6.67. The maximum atomic E-state index is 14.3. The van der Waals surface area contributed by atoms with Crippen LogP contribution in [-0.4, -0.2) is 70.3 Å². The minimum Gasteiger partial charge on any atom is -0.458 e. The number of carbonyl (C=O) groups is 4. The molecule has 0 bridgehead atoms. The summed E-state index contributed by atoms with van der Waals surface area (Å²) < 4.78 is 11.0. The van der Waals surface area contributed by atoms with Crippen molar-refractivity contribution < 1.29 is 33.8 Å². The molecule has 0 saturated heterocycles. The third kappa shape index (κ3) is 13.3. The highest BCUT2D eigenvalue weighted by Gasteiger charge is 2.38. The molecule has 0 radical (unpaired) electrons. The Kier molecular flexibility index (Phi) is 14.5. The molecule has 2 aromatic carbocycles. The van der Waals surface area contributed by atoms with Crippen molar-refractivity contribution in [2.75, 3.05) is 13.2 Å². The van der Waals surface area contributed by atoms with Gasteiger partial charge in [-0.2, -0.15) is 0 Å². The van der Waals surface area contributed by atoms with E-state index in [0.717, 1.165) is 24.8 Å². The first-order chi connectivity index (χ1) is 21.1. The quantitative estimate of drug-likeness (QED) is 0.185. The second-order valence-corrected chi connectivity index (χ2v) is 13.1. The van der Waals surface area contributed by atoms with Crippen molar-refractivity contribution in [3.05, 3.63) is 71.8 Å². The van der Waals surface area contributed by atoms with Crippen LogP contribution in [0, 0.1) is 0 Å². The first-order valence-corrected chi connectivity index (χ1v) is 15.7. The van der Waals surface area contributed by atoms with Gasteiger partial charge in [-0.3, -0.25) is 9.59 Å². The third-order valence-corrected chi connectivity index (χ3v) is 6.67. The normalized spacial score (nSPS) is 13.6. The number of rotatable bonds is 15. The topological polar surface area (TPSA) is 134 Å². The summed E-state index contributed by atoms with van der Waals surface area (Å²) >= 11 is 0. The van der Waals surface area contributed by atoms with Gasteiger partial charge in [0.25, 0.3) is 0 Å². The highest BCUT2D eigenvalue weighted by molar-refractivity contribution is 5.94. The molecule has 3 amide bonds. The number of aliphatic hydroxyl groups is 1. The van der Waals surface area contributed by atoms with Crippen molar-refractivity contribution in [2.45, 2.75) is 110 Å². The van der Waals surface area contributed by atoms with Crippen LogP contribution in [0.1, 0.15) is 91.3 Å². The van der Waals surface area contributed by atoms with Crippen molar-refractivity contribution in [1.29, 1.82) is 0 Å². The van der Waals surface area contributed by atoms with E-state index in [0.29, 0.717) is 12.0 Å². The van der Waals surface area contributed by atoms with Crippen LogP contribution < -0.4 is 10.6 Å². The highest BCUT2D eigenvalue weighted by Crippen LogP contribution is 2.24. The van der Waals surface area contributed by atoms with E-state index >= 15 is 0 Å². The molecule has 0 aromatic heterocycles. The predicted octanol–water partition coefficient (Wildman–Crippen LogP) is 5.09. The first kappa shape index (κ1) is 37.3. The van der Waals surface area contributed by atoms with Crippen LogP contribution >= 0.6 is 0 Å². The van der Waals surface area contributed by atoms with Gasteiger partial charge in [-0.05, 0) is 59.1 Å². The average molecular weight is 626 g/mol. The summed E-state index contributed by atoms with van der Waals surface area (Å²) in [4.78, 5) is 55.7. The van der Waals surface area contributed by atoms with Crippen LogP contribution in [0.5, 0.6) is 0 Å². The van der Waals surface area contributed by atoms with E-state index in [1.165, 1.54) is 4.90 Å². The molecule has 2 aromatic rings. The SMILES string of the molecule is CCCCCCN(C(=O)C(CO)NC(=O)OC(C)(C)C)C(C(=O)NC(Cc1ccccc1)C(=O)OC(C)(C)C)c1ccccc1. The fraction of sp³-hybridized carbons (Fsp3) is 0.543. The largest absolute Gasteiger partial charge is 0.458 e. The summed E-state index contributed by atoms with van der Waals surface area (Å²) in [7, 11) is 0. The average Bonchev–Trinajstić information content (AvgIpc) is 2.96. The standard InChI is InChI=1S/C35H51N3O7/c1-8-9-10-17-22-38(31(41)28(24-39)37-33(43)45-35(5,6)7)29(26-20-15-12-16-21-26)30(40)36-27(32(42)44-34(2,3)4)23-25-18-13-11-14-19-25/h11-16,18-21,27-29,39H,8-10,17,22-24H2,1-7H3,(H,36,40)(H,37,43). The number of amides is 3. The van der Waals surface area contributed by atoms with Gasteiger partial charge < -0.3 is 30.1 Å². The lowest BCUT2D eigenvalue weighted by Gasteiger charge is -2.35. The number of benzene rings is 2. The van der Waals surface area contributed by atoms with Gasteiger partial charge in [-0.1, -0.05) is 86.8 Å². The summed E-state index contributed by atoms with van der Waals surface area (Å²) in [6.45, 7) is 11.9. The molecule has 10 nitrogen and oxygen atoms in total. The Morgan fingerprint density at radius 1 is 0.778 bits per heavy atom. The molecule has 3 atom stereocenters. The lowest BCUT2D eigenvalue weighted by molar-refractivity contribution is -0.159. The molecule has 3 N–H and O–H groups in total. The number of alkyl carbamates (subject to hydrolysis) is 1. The van der Waals surface area contributed by atoms with Crippen molar-refractivity contribution >= 4 is 23.9 Å². The number of ether oxygens (including phenoxy) is 2. The van der Waals surface area contributed by atoms with Crippen molar-refractivity contribution in [3.8, 4) is 0 Å². The van der Waals surface area contributed by atoms with Gasteiger partial charge in [0.05, 0.1) is 6.61 Å². The van der Waals surface area contributed by atoms with Gasteiger partial charge >= 0.3 is 12.1 Å². The number of unbranched alkanes of at least 4 members (excludes halogenated alkanes) is 3. The monoisotopic (exact) mass is 625 g/mol. The summed E-state index contributed by atoms with van der Waals surface area (Å²) in [6.07, 6.45) is 2.60. The number of hydrogen-bond donors (Lipinski definition) is 3. The molecule has 3 unspecified atom stereocenters. The lowest BCUT2D eigenvalue weighted by atomic mass is 10.0. The Balaban J connectivity index is 2.52. The van der Waals surface area contributed by atoms with Crippen LogP contribution in [0.25, 0.3) is 0 Å². The molecule has 0 spiro atoms. The minimum absolute atomic E-state index is 0.174. The number of hydrogen-bond acceptors (Lipinski definition) is 7. The Morgan fingerprint density at radius 3 is 1.89 bits per heavy atom. The van der Waals surface area contributed by atoms with Crippen LogP contribution in [0.2, 0.25) is 0 Å². The zero-order chi connectivity index (χ0) is 33.6. The van der Waals surface area contributed by atoms with Gasteiger partial charge in [0.15, 0.2) is 0 Å². The van der Waals surface area contributed by atoms with E-state index in [4.69, 9.17) is 9.47 Å². The van der Waals surface area contributed by atoms with Crippen LogP contribution in [0.4, 0.5) is 4.79 Å². The van der Waals surface area contributed by atoms with Crippen molar-refractivity contribution in [3.63, 3.8) is 0 Å². The molecule has 2 rings (SSSR count). The zero-order valence-electron chi connectivity index (χ0n) is 27.8. The predicted molar refractivity (Wildman–Crippen MR) is 173 cm³/mol. The molecule has 248 valence electrons. The fourth-order valence-corrected chi connectivity index (χ4v) is 4.69. The van der Waals surface area contributed by atoms with Crippen molar-refractivity contribution in [2.24, 2.45) is 0 Å². The summed E-state index contributed by atoms with van der Waals surface area (Å²) in [5.41, 5.74) is -0.289. The Morgan fingerprint density at radius 2 is 1.36 bits per heavy atom. The number of carbonyl (C=O) groups excluding carboxylic acids is 4. The smallest absolute Gasteiger partial charge is 0.408 e. The van der Waals surface area contributed by atoms with E-state index in [9.17, 15) is 24.3 Å². The van der Waals surface area contributed by atoms with Crippen molar-refractivity contribution in [1.82, 2.24) is 15.5 Å². The van der Waals surface area contributed by atoms with E-state index in [1.54, 1.807) is 71.9 Å². The summed E-state index contributed by atoms with van der Waals surface area (Å²) in [5.74, 6) is -1.85. The molecular formula is C35H51N3O7. The molecular weight excluding hydrogens is 574 g/mol. The number of nitrogens with one attached hydrogen (secondary N) is 2. The van der Waals surface area contributed by atoms with E-state index < -0.39 is 59.8 Å². The molecule has 0 fully saturated rings. The molecule has 0 aliphatic rings. The second kappa shape index (κ2) is 17.5. The number of esters is 1.